The van der Waals surface area contributed by atoms with Gasteiger partial charge in [0, 0.05) is 16.2 Å². The highest BCUT2D eigenvalue weighted by Gasteiger charge is 2.51. The quantitative estimate of drug-likeness (QED) is 0.693. The van der Waals surface area contributed by atoms with Crippen LogP contribution in [0.5, 0.6) is 0 Å². The molecule has 0 aromatic rings. The number of hydrogen-bond acceptors (Lipinski definition) is 4. The molecule has 0 radical (unpaired) electrons. The molecule has 0 saturated heterocycles. The highest BCUT2D eigenvalue weighted by atomic mass is 32.2. The Balaban J connectivity index is 1.54. The van der Waals surface area contributed by atoms with Crippen molar-refractivity contribution in [1.29, 1.82) is 0 Å². The lowest BCUT2D eigenvalue weighted by Gasteiger charge is -2.56. The van der Waals surface area contributed by atoms with Gasteiger partial charge in [0.25, 0.3) is 0 Å². The fraction of sp³-hybridized carbons (Fsp3) is 0.800. The molecule has 26 heavy (non-hydrogen) atoms. The average molecular weight is 379 g/mol. The van der Waals surface area contributed by atoms with Crippen LogP contribution in [-0.4, -0.2) is 35.1 Å². The van der Waals surface area contributed by atoms with Crippen molar-refractivity contribution >= 4 is 23.8 Å². The number of rotatable bonds is 6. The van der Waals surface area contributed by atoms with Crippen molar-refractivity contribution in [1.82, 2.24) is 10.6 Å². The number of carbonyl (C=O) groups is 2. The summed E-state index contributed by atoms with van der Waals surface area (Å²) in [5.41, 5.74) is 1.38. The second-order valence-corrected chi connectivity index (χ2v) is 10.0. The van der Waals surface area contributed by atoms with Gasteiger partial charge in [0.15, 0.2) is 0 Å². The summed E-state index contributed by atoms with van der Waals surface area (Å²) < 4.78 is 5.64. The summed E-state index contributed by atoms with van der Waals surface area (Å²) >= 11 is 1.99. The van der Waals surface area contributed by atoms with Crippen molar-refractivity contribution < 1.29 is 14.3 Å². The molecule has 4 aliphatic carbocycles. The second kappa shape index (κ2) is 7.10. The highest BCUT2D eigenvalue weighted by molar-refractivity contribution is 8.00. The molecular weight excluding hydrogens is 348 g/mol. The van der Waals surface area contributed by atoms with Crippen LogP contribution in [0.25, 0.3) is 0 Å². The minimum atomic E-state index is -0.298. The van der Waals surface area contributed by atoms with Crippen molar-refractivity contribution in [3.05, 3.63) is 11.3 Å². The smallest absolute Gasteiger partial charge is 0.337 e. The number of carbonyl (C=O) groups excluding carboxylic acids is 2. The molecule has 0 spiro atoms. The van der Waals surface area contributed by atoms with E-state index in [0.29, 0.717) is 29.1 Å². The lowest BCUT2D eigenvalue weighted by molar-refractivity contribution is -0.139. The third-order valence-electron chi connectivity index (χ3n) is 6.65. The number of nitrogens with one attached hydrogen (secondary N) is 2. The Kier molecular flexibility index (Phi) is 4.97. The lowest BCUT2D eigenvalue weighted by Crippen LogP contribution is -2.52. The molecule has 1 aliphatic heterocycles. The molecular formula is C20H30N2O3S. The van der Waals surface area contributed by atoms with Crippen LogP contribution >= 0.6 is 11.8 Å². The van der Waals surface area contributed by atoms with Gasteiger partial charge >= 0.3 is 12.0 Å². The number of hydrogen-bond donors (Lipinski definition) is 2. The predicted molar refractivity (Wildman–Crippen MR) is 103 cm³/mol. The number of amides is 2. The van der Waals surface area contributed by atoms with Crippen LogP contribution in [0.2, 0.25) is 0 Å². The van der Waals surface area contributed by atoms with Crippen LogP contribution in [0.4, 0.5) is 4.79 Å². The first-order valence-corrected chi connectivity index (χ1v) is 11.1. The van der Waals surface area contributed by atoms with Crippen LogP contribution in [0, 0.1) is 17.8 Å². The van der Waals surface area contributed by atoms with Gasteiger partial charge in [0.1, 0.15) is 0 Å². The number of esters is 1. The maximum Gasteiger partial charge on any atom is 0.337 e. The van der Waals surface area contributed by atoms with Gasteiger partial charge in [-0.05, 0) is 69.6 Å². The average Bonchev–Trinajstić information content (AvgIpc) is 2.58. The maximum absolute atomic E-state index is 12.5. The molecule has 6 heteroatoms. The molecule has 0 aromatic carbocycles. The molecule has 144 valence electrons. The Hall–Kier alpha value is -1.17. The van der Waals surface area contributed by atoms with Gasteiger partial charge in [-0.1, -0.05) is 6.92 Å². The number of ether oxygens (including phenoxy) is 1. The van der Waals surface area contributed by atoms with E-state index in [1.54, 1.807) is 0 Å². The van der Waals surface area contributed by atoms with Crippen molar-refractivity contribution in [3.8, 4) is 0 Å². The van der Waals surface area contributed by atoms with Gasteiger partial charge in [0.05, 0.1) is 18.2 Å². The first kappa shape index (κ1) is 18.2. The Morgan fingerprint density at radius 3 is 2.31 bits per heavy atom. The Labute approximate surface area is 160 Å². The Bertz CT molecular complexity index is 595. The zero-order chi connectivity index (χ0) is 18.3. The van der Waals surface area contributed by atoms with Crippen LogP contribution < -0.4 is 10.6 Å². The summed E-state index contributed by atoms with van der Waals surface area (Å²) in [6.45, 7) is 4.15. The molecule has 0 aromatic heterocycles. The molecule has 1 atom stereocenters. The van der Waals surface area contributed by atoms with E-state index in [-0.39, 0.29) is 18.0 Å². The summed E-state index contributed by atoms with van der Waals surface area (Å²) in [6.07, 6.45) is 8.91. The van der Waals surface area contributed by atoms with E-state index in [0.717, 1.165) is 23.5 Å². The van der Waals surface area contributed by atoms with Crippen molar-refractivity contribution in [2.45, 2.75) is 69.6 Å². The van der Waals surface area contributed by atoms with Crippen molar-refractivity contribution in [3.63, 3.8) is 0 Å². The predicted octanol–water partition coefficient (Wildman–Crippen LogP) is 3.60. The largest absolute Gasteiger partial charge is 0.463 e. The van der Waals surface area contributed by atoms with Gasteiger partial charge in [-0.3, -0.25) is 0 Å². The summed E-state index contributed by atoms with van der Waals surface area (Å²) in [4.78, 5) is 24.6. The van der Waals surface area contributed by atoms with Gasteiger partial charge < -0.3 is 15.4 Å². The monoisotopic (exact) mass is 378 g/mol. The zero-order valence-corrected chi connectivity index (χ0v) is 16.6. The van der Waals surface area contributed by atoms with E-state index in [1.165, 1.54) is 38.5 Å². The molecule has 4 fully saturated rings. The standard InChI is InChI=1S/C20H30N2O3S/c1-3-15-17(18(23)25-4-2)16(22-19(24)21-15)11-26-20-8-12-5-13(9-20)7-14(6-12)10-20/h12-15H,3-11H2,1-2H3,(H2,21,22,24)/t12?,13?,14?,15-,20?/m1/s1. The first-order valence-electron chi connectivity index (χ1n) is 10.1. The molecule has 5 aliphatic rings. The number of thioether (sulfide) groups is 1. The topological polar surface area (TPSA) is 67.4 Å². The van der Waals surface area contributed by atoms with E-state index in [1.807, 2.05) is 25.6 Å². The molecule has 2 N–H and O–H groups in total. The van der Waals surface area contributed by atoms with Gasteiger partial charge in [-0.2, -0.15) is 0 Å². The van der Waals surface area contributed by atoms with Crippen LogP contribution in [-0.2, 0) is 9.53 Å². The minimum Gasteiger partial charge on any atom is -0.463 e. The van der Waals surface area contributed by atoms with Gasteiger partial charge in [-0.25, -0.2) is 9.59 Å². The van der Waals surface area contributed by atoms with Crippen LogP contribution in [0.3, 0.4) is 0 Å². The van der Waals surface area contributed by atoms with E-state index >= 15 is 0 Å². The highest BCUT2D eigenvalue weighted by Crippen LogP contribution is 2.60. The molecule has 5 rings (SSSR count). The summed E-state index contributed by atoms with van der Waals surface area (Å²) in [6, 6.07) is -0.458. The maximum atomic E-state index is 12.5. The van der Waals surface area contributed by atoms with Gasteiger partial charge in [0.2, 0.25) is 0 Å². The van der Waals surface area contributed by atoms with Crippen LogP contribution in [0.1, 0.15) is 58.8 Å². The Morgan fingerprint density at radius 2 is 1.77 bits per heavy atom. The third-order valence-corrected chi connectivity index (χ3v) is 8.20. The summed E-state index contributed by atoms with van der Waals surface area (Å²) in [5, 5.41) is 5.77. The van der Waals surface area contributed by atoms with Crippen molar-refractivity contribution in [2.24, 2.45) is 17.8 Å². The second-order valence-electron chi connectivity index (χ2n) is 8.56. The third kappa shape index (κ3) is 3.37. The van der Waals surface area contributed by atoms with Crippen LogP contribution in [0.15, 0.2) is 11.3 Å². The fourth-order valence-corrected chi connectivity index (χ4v) is 7.75. The minimum absolute atomic E-state index is 0.203. The number of urea groups is 1. The van der Waals surface area contributed by atoms with Crippen molar-refractivity contribution in [2.75, 3.05) is 12.4 Å². The normalized spacial score (nSPS) is 38.2. The Morgan fingerprint density at radius 1 is 1.15 bits per heavy atom. The molecule has 4 bridgehead atoms. The fourth-order valence-electron chi connectivity index (χ4n) is 6.01. The molecule has 1 heterocycles. The van der Waals surface area contributed by atoms with E-state index in [2.05, 4.69) is 10.6 Å². The zero-order valence-electron chi connectivity index (χ0n) is 15.8. The molecule has 0 unspecified atom stereocenters. The van der Waals surface area contributed by atoms with Gasteiger partial charge in [-0.15, -0.1) is 11.8 Å². The summed E-state index contributed by atoms with van der Waals surface area (Å²) in [7, 11) is 0. The molecule has 4 saturated carbocycles. The molecule has 5 nitrogen and oxygen atoms in total. The summed E-state index contributed by atoms with van der Waals surface area (Å²) in [5.74, 6) is 3.10. The van der Waals surface area contributed by atoms with E-state index < -0.39 is 0 Å². The first-order chi connectivity index (χ1) is 12.5. The molecule has 2 amide bonds. The van der Waals surface area contributed by atoms with E-state index in [4.69, 9.17) is 4.74 Å². The van der Waals surface area contributed by atoms with E-state index in [9.17, 15) is 9.59 Å². The SMILES string of the molecule is CCOC(=O)C1=C(CSC23CC4CC(CC(C4)C2)C3)NC(=O)N[C@@H]1CC. The lowest BCUT2D eigenvalue weighted by atomic mass is 9.56.